The standard InChI is InChI=1S/C15H23NO2/c1-14(2)13(15(14,3)4)9-16-8-10-5-6-11(17)7-12(10)18/h5-7,13,16-18H,8-9H2,1-4H3. The van der Waals surface area contributed by atoms with E-state index in [4.69, 9.17) is 0 Å². The molecule has 0 radical (unpaired) electrons. The summed E-state index contributed by atoms with van der Waals surface area (Å²) in [5.41, 5.74) is 1.60. The van der Waals surface area contributed by atoms with E-state index in [1.54, 1.807) is 12.1 Å². The molecule has 1 fully saturated rings. The minimum Gasteiger partial charge on any atom is -0.508 e. The molecule has 3 nitrogen and oxygen atoms in total. The molecule has 0 aliphatic heterocycles. The summed E-state index contributed by atoms with van der Waals surface area (Å²) < 4.78 is 0. The molecule has 1 aliphatic rings. The summed E-state index contributed by atoms with van der Waals surface area (Å²) in [7, 11) is 0. The third-order valence-corrected chi connectivity index (χ3v) is 5.05. The van der Waals surface area contributed by atoms with Gasteiger partial charge in [0.05, 0.1) is 0 Å². The van der Waals surface area contributed by atoms with Crippen molar-refractivity contribution in [1.82, 2.24) is 5.32 Å². The summed E-state index contributed by atoms with van der Waals surface area (Å²) in [6.45, 7) is 10.8. The third-order valence-electron chi connectivity index (χ3n) is 5.05. The van der Waals surface area contributed by atoms with Gasteiger partial charge in [0.15, 0.2) is 0 Å². The molecule has 0 bridgehead atoms. The molecule has 3 heteroatoms. The SMILES string of the molecule is CC1(C)C(CNCc2ccc(O)cc2O)C1(C)C. The van der Waals surface area contributed by atoms with Crippen molar-refractivity contribution >= 4 is 0 Å². The van der Waals surface area contributed by atoms with Crippen LogP contribution in [0.1, 0.15) is 33.3 Å². The monoisotopic (exact) mass is 249 g/mol. The number of nitrogens with one attached hydrogen (secondary N) is 1. The van der Waals surface area contributed by atoms with Gasteiger partial charge in [-0.3, -0.25) is 0 Å². The average molecular weight is 249 g/mol. The summed E-state index contributed by atoms with van der Waals surface area (Å²) >= 11 is 0. The Morgan fingerprint density at radius 2 is 1.72 bits per heavy atom. The number of aromatic hydroxyl groups is 2. The molecule has 1 aliphatic carbocycles. The van der Waals surface area contributed by atoms with E-state index in [0.29, 0.717) is 23.3 Å². The van der Waals surface area contributed by atoms with E-state index in [1.165, 1.54) is 6.07 Å². The van der Waals surface area contributed by atoms with Crippen molar-refractivity contribution < 1.29 is 10.2 Å². The zero-order valence-electron chi connectivity index (χ0n) is 11.6. The van der Waals surface area contributed by atoms with Crippen LogP contribution in [0.15, 0.2) is 18.2 Å². The highest BCUT2D eigenvalue weighted by Gasteiger charge is 2.63. The van der Waals surface area contributed by atoms with Gasteiger partial charge in [0.1, 0.15) is 11.5 Å². The number of phenols is 2. The quantitative estimate of drug-likeness (QED) is 0.769. The van der Waals surface area contributed by atoms with Crippen molar-refractivity contribution in [1.29, 1.82) is 0 Å². The molecule has 100 valence electrons. The number of benzene rings is 1. The zero-order valence-corrected chi connectivity index (χ0v) is 11.6. The largest absolute Gasteiger partial charge is 0.508 e. The van der Waals surface area contributed by atoms with E-state index in [9.17, 15) is 10.2 Å². The van der Waals surface area contributed by atoms with Gasteiger partial charge >= 0.3 is 0 Å². The van der Waals surface area contributed by atoms with Crippen LogP contribution >= 0.6 is 0 Å². The number of rotatable bonds is 4. The Labute approximate surface area is 109 Å². The van der Waals surface area contributed by atoms with Crippen LogP contribution in [0, 0.1) is 16.7 Å². The van der Waals surface area contributed by atoms with Gasteiger partial charge in [0.2, 0.25) is 0 Å². The molecule has 0 amide bonds. The first-order valence-corrected chi connectivity index (χ1v) is 6.48. The lowest BCUT2D eigenvalue weighted by Gasteiger charge is -2.08. The molecule has 3 N–H and O–H groups in total. The Hall–Kier alpha value is -1.22. The first-order valence-electron chi connectivity index (χ1n) is 6.48. The van der Waals surface area contributed by atoms with E-state index < -0.39 is 0 Å². The van der Waals surface area contributed by atoms with Crippen molar-refractivity contribution in [2.75, 3.05) is 6.54 Å². The Morgan fingerprint density at radius 3 is 2.22 bits per heavy atom. The normalized spacial score (nSPS) is 20.9. The Balaban J connectivity index is 1.87. The highest BCUT2D eigenvalue weighted by molar-refractivity contribution is 5.38. The van der Waals surface area contributed by atoms with Crippen LogP contribution in [0.4, 0.5) is 0 Å². The molecule has 1 aromatic carbocycles. The molecule has 1 aromatic rings. The molecule has 2 rings (SSSR count). The fourth-order valence-electron chi connectivity index (χ4n) is 2.90. The van der Waals surface area contributed by atoms with Crippen LogP contribution in [0.3, 0.4) is 0 Å². The fourth-order valence-corrected chi connectivity index (χ4v) is 2.90. The number of hydrogen-bond donors (Lipinski definition) is 3. The zero-order chi connectivity index (χ0) is 13.6. The summed E-state index contributed by atoms with van der Waals surface area (Å²) in [4.78, 5) is 0. The Morgan fingerprint density at radius 1 is 1.11 bits per heavy atom. The van der Waals surface area contributed by atoms with E-state index in [-0.39, 0.29) is 11.5 Å². The first kappa shape index (κ1) is 13.2. The van der Waals surface area contributed by atoms with Crippen LogP contribution in [-0.2, 0) is 6.54 Å². The predicted molar refractivity (Wildman–Crippen MR) is 72.5 cm³/mol. The van der Waals surface area contributed by atoms with Crippen LogP contribution in [-0.4, -0.2) is 16.8 Å². The topological polar surface area (TPSA) is 52.5 Å². The summed E-state index contributed by atoms with van der Waals surface area (Å²) in [6, 6.07) is 4.73. The highest BCUT2D eigenvalue weighted by atomic mass is 16.3. The lowest BCUT2D eigenvalue weighted by atomic mass is 10.0. The maximum atomic E-state index is 9.68. The molecule has 0 saturated heterocycles. The van der Waals surface area contributed by atoms with Crippen molar-refractivity contribution in [2.24, 2.45) is 16.7 Å². The van der Waals surface area contributed by atoms with Gasteiger partial charge < -0.3 is 15.5 Å². The molecular formula is C15H23NO2. The average Bonchev–Trinajstić information content (AvgIpc) is 2.63. The van der Waals surface area contributed by atoms with Gasteiger partial charge in [0.25, 0.3) is 0 Å². The highest BCUT2D eigenvalue weighted by Crippen LogP contribution is 2.67. The van der Waals surface area contributed by atoms with Gasteiger partial charge in [-0.05, 0) is 29.4 Å². The van der Waals surface area contributed by atoms with E-state index >= 15 is 0 Å². The van der Waals surface area contributed by atoms with Crippen LogP contribution in [0.2, 0.25) is 0 Å². The molecule has 0 atom stereocenters. The fraction of sp³-hybridized carbons (Fsp3) is 0.600. The molecule has 0 aromatic heterocycles. The minimum absolute atomic E-state index is 0.0979. The second-order valence-corrected chi connectivity index (χ2v) is 6.44. The van der Waals surface area contributed by atoms with Gasteiger partial charge in [-0.1, -0.05) is 33.8 Å². The first-order chi connectivity index (χ1) is 8.26. The summed E-state index contributed by atoms with van der Waals surface area (Å²) in [6.07, 6.45) is 0. The number of hydrogen-bond acceptors (Lipinski definition) is 3. The smallest absolute Gasteiger partial charge is 0.123 e. The van der Waals surface area contributed by atoms with Gasteiger partial charge in [0, 0.05) is 18.2 Å². The second-order valence-electron chi connectivity index (χ2n) is 6.44. The maximum Gasteiger partial charge on any atom is 0.123 e. The lowest BCUT2D eigenvalue weighted by molar-refractivity contribution is 0.442. The van der Waals surface area contributed by atoms with Gasteiger partial charge in [-0.2, -0.15) is 0 Å². The molecular weight excluding hydrogens is 226 g/mol. The van der Waals surface area contributed by atoms with E-state index in [0.717, 1.165) is 12.1 Å². The molecule has 18 heavy (non-hydrogen) atoms. The Bertz CT molecular complexity index is 438. The van der Waals surface area contributed by atoms with Crippen molar-refractivity contribution in [2.45, 2.75) is 34.2 Å². The van der Waals surface area contributed by atoms with Crippen molar-refractivity contribution in [3.63, 3.8) is 0 Å². The van der Waals surface area contributed by atoms with Crippen molar-refractivity contribution in [3.8, 4) is 11.5 Å². The molecule has 1 saturated carbocycles. The predicted octanol–water partition coefficient (Wildman–Crippen LogP) is 2.87. The van der Waals surface area contributed by atoms with Crippen LogP contribution in [0.5, 0.6) is 11.5 Å². The maximum absolute atomic E-state index is 9.68. The summed E-state index contributed by atoms with van der Waals surface area (Å²) in [5.74, 6) is 0.918. The number of phenolic OH excluding ortho intramolecular Hbond substituents is 2. The van der Waals surface area contributed by atoms with E-state index in [2.05, 4.69) is 33.0 Å². The van der Waals surface area contributed by atoms with Gasteiger partial charge in [-0.15, -0.1) is 0 Å². The van der Waals surface area contributed by atoms with Crippen LogP contribution < -0.4 is 5.32 Å². The van der Waals surface area contributed by atoms with Gasteiger partial charge in [-0.25, -0.2) is 0 Å². The second kappa shape index (κ2) is 4.16. The summed E-state index contributed by atoms with van der Waals surface area (Å²) in [5, 5.41) is 22.3. The van der Waals surface area contributed by atoms with E-state index in [1.807, 2.05) is 0 Å². The molecule has 0 unspecified atom stereocenters. The Kier molecular flexibility index (Phi) is 3.06. The van der Waals surface area contributed by atoms with Crippen molar-refractivity contribution in [3.05, 3.63) is 23.8 Å². The lowest BCUT2D eigenvalue weighted by Crippen LogP contribution is -2.18. The minimum atomic E-state index is 0.0979. The third kappa shape index (κ3) is 2.07. The van der Waals surface area contributed by atoms with Crippen LogP contribution in [0.25, 0.3) is 0 Å². The molecule has 0 heterocycles. The molecule has 0 spiro atoms.